The summed E-state index contributed by atoms with van der Waals surface area (Å²) in [5.41, 5.74) is 1.00. The number of anilines is 1. The normalized spacial score (nSPS) is 17.1. The lowest BCUT2D eigenvalue weighted by Gasteiger charge is -2.19. The van der Waals surface area contributed by atoms with Gasteiger partial charge in [0, 0.05) is 19.9 Å². The molecule has 2 heterocycles. The first-order chi connectivity index (χ1) is 14.0. The summed E-state index contributed by atoms with van der Waals surface area (Å²) in [7, 11) is 0. The van der Waals surface area contributed by atoms with Gasteiger partial charge in [-0.05, 0) is 31.0 Å². The third-order valence-electron chi connectivity index (χ3n) is 4.73. The van der Waals surface area contributed by atoms with Crippen molar-refractivity contribution >= 4 is 11.7 Å². The van der Waals surface area contributed by atoms with Crippen molar-refractivity contribution in [2.45, 2.75) is 45.8 Å². The van der Waals surface area contributed by atoms with Crippen LogP contribution in [0.25, 0.3) is 0 Å². The third kappa shape index (κ3) is 5.34. The molecule has 0 bridgehead atoms. The van der Waals surface area contributed by atoms with E-state index in [9.17, 15) is 9.18 Å². The van der Waals surface area contributed by atoms with Crippen molar-refractivity contribution in [3.63, 3.8) is 0 Å². The molecule has 1 N–H and O–H groups in total. The monoisotopic (exact) mass is 402 g/mol. The Hall–Kier alpha value is -2.90. The summed E-state index contributed by atoms with van der Waals surface area (Å²) >= 11 is 0. The second-order valence-corrected chi connectivity index (χ2v) is 7.13. The van der Waals surface area contributed by atoms with E-state index in [1.165, 1.54) is 13.3 Å². The Morgan fingerprint density at radius 1 is 1.34 bits per heavy atom. The maximum absolute atomic E-state index is 14.6. The van der Waals surface area contributed by atoms with Crippen LogP contribution in [0.2, 0.25) is 0 Å². The van der Waals surface area contributed by atoms with E-state index in [2.05, 4.69) is 15.3 Å². The quantitative estimate of drug-likeness (QED) is 0.730. The Balaban J connectivity index is 1.60. The lowest BCUT2D eigenvalue weighted by molar-refractivity contribution is -0.119. The summed E-state index contributed by atoms with van der Waals surface area (Å²) in [4.78, 5) is 21.0. The van der Waals surface area contributed by atoms with Gasteiger partial charge in [0.05, 0.1) is 19.2 Å². The summed E-state index contributed by atoms with van der Waals surface area (Å²) in [5.74, 6) is 0.384. The number of nitrogens with one attached hydrogen (secondary N) is 1. The fourth-order valence-corrected chi connectivity index (χ4v) is 3.30. The first kappa shape index (κ1) is 20.8. The molecule has 7 nitrogen and oxygen atoms in total. The van der Waals surface area contributed by atoms with Gasteiger partial charge in [-0.1, -0.05) is 19.1 Å². The minimum atomic E-state index is -0.530. The number of carbonyl (C=O) groups is 1. The molecule has 1 amide bonds. The van der Waals surface area contributed by atoms with Crippen LogP contribution >= 0.6 is 0 Å². The molecule has 29 heavy (non-hydrogen) atoms. The standard InChI is InChI=1S/C21H27FN4O3/c1-4-11-28-21-19(22)20(23-13-24-21)26-10-9-18(12-26)29-17-7-5-16(6-8-17)14(2)25-15(3)27/h5-8,13-14,18H,4,9-12H2,1-3H3,(H,25,27)/t14-,18+/m0/s1. The molecule has 1 aliphatic rings. The molecule has 0 unspecified atom stereocenters. The van der Waals surface area contributed by atoms with E-state index in [0.29, 0.717) is 19.7 Å². The molecule has 1 aromatic carbocycles. The number of hydrogen-bond donors (Lipinski definition) is 1. The van der Waals surface area contributed by atoms with Gasteiger partial charge in [0.2, 0.25) is 11.7 Å². The fourth-order valence-electron chi connectivity index (χ4n) is 3.30. The van der Waals surface area contributed by atoms with Crippen LogP contribution in [0, 0.1) is 5.82 Å². The van der Waals surface area contributed by atoms with E-state index in [4.69, 9.17) is 9.47 Å². The van der Waals surface area contributed by atoms with E-state index in [1.54, 1.807) is 0 Å². The highest BCUT2D eigenvalue weighted by molar-refractivity contribution is 5.73. The van der Waals surface area contributed by atoms with Crippen LogP contribution < -0.4 is 19.7 Å². The first-order valence-corrected chi connectivity index (χ1v) is 9.90. The van der Waals surface area contributed by atoms with Crippen molar-refractivity contribution in [1.82, 2.24) is 15.3 Å². The van der Waals surface area contributed by atoms with Crippen LogP contribution in [-0.4, -0.2) is 41.7 Å². The average Bonchev–Trinajstić information content (AvgIpc) is 3.15. The second-order valence-electron chi connectivity index (χ2n) is 7.13. The highest BCUT2D eigenvalue weighted by Crippen LogP contribution is 2.28. The molecule has 2 atom stereocenters. The number of benzene rings is 1. The highest BCUT2D eigenvalue weighted by atomic mass is 19.1. The van der Waals surface area contributed by atoms with Crippen LogP contribution in [0.3, 0.4) is 0 Å². The summed E-state index contributed by atoms with van der Waals surface area (Å²) in [6.07, 6.45) is 2.80. The molecule has 1 aliphatic heterocycles. The van der Waals surface area contributed by atoms with Crippen LogP contribution in [-0.2, 0) is 4.79 Å². The van der Waals surface area contributed by atoms with Crippen LogP contribution in [0.4, 0.5) is 10.2 Å². The molecule has 156 valence electrons. The molecule has 0 spiro atoms. The SMILES string of the molecule is CCCOc1ncnc(N2CC[C@@H](Oc3ccc([C@H](C)NC(C)=O)cc3)C2)c1F. The first-order valence-electron chi connectivity index (χ1n) is 9.90. The van der Waals surface area contributed by atoms with Crippen molar-refractivity contribution < 1.29 is 18.7 Å². The van der Waals surface area contributed by atoms with E-state index in [1.807, 2.05) is 43.0 Å². The van der Waals surface area contributed by atoms with Gasteiger partial charge >= 0.3 is 0 Å². The van der Waals surface area contributed by atoms with Crippen LogP contribution in [0.5, 0.6) is 11.6 Å². The molecule has 1 fully saturated rings. The summed E-state index contributed by atoms with van der Waals surface area (Å²) in [5, 5.41) is 2.85. The van der Waals surface area contributed by atoms with Gasteiger partial charge in [0.25, 0.3) is 5.88 Å². The van der Waals surface area contributed by atoms with Gasteiger partial charge < -0.3 is 19.7 Å². The van der Waals surface area contributed by atoms with Crippen LogP contribution in [0.1, 0.15) is 45.2 Å². The van der Waals surface area contributed by atoms with Crippen molar-refractivity contribution in [3.8, 4) is 11.6 Å². The minimum Gasteiger partial charge on any atom is -0.489 e. The molecule has 2 aromatic rings. The average molecular weight is 402 g/mol. The number of ether oxygens (including phenoxy) is 2. The van der Waals surface area contributed by atoms with Crippen molar-refractivity contribution in [1.29, 1.82) is 0 Å². The Morgan fingerprint density at radius 2 is 2.10 bits per heavy atom. The van der Waals surface area contributed by atoms with Gasteiger partial charge in [0.1, 0.15) is 18.2 Å². The molecule has 0 radical (unpaired) electrons. The van der Waals surface area contributed by atoms with Crippen molar-refractivity contribution in [3.05, 3.63) is 42.0 Å². The Morgan fingerprint density at radius 3 is 2.79 bits per heavy atom. The van der Waals surface area contributed by atoms with Crippen LogP contribution in [0.15, 0.2) is 30.6 Å². The summed E-state index contributed by atoms with van der Waals surface area (Å²) < 4.78 is 26.1. The van der Waals surface area contributed by atoms with E-state index in [0.717, 1.165) is 24.2 Å². The van der Waals surface area contributed by atoms with Gasteiger partial charge in [-0.3, -0.25) is 4.79 Å². The number of amides is 1. The number of hydrogen-bond acceptors (Lipinski definition) is 6. The zero-order chi connectivity index (χ0) is 20.8. The van der Waals surface area contributed by atoms with Crippen molar-refractivity contribution in [2.24, 2.45) is 0 Å². The summed E-state index contributed by atoms with van der Waals surface area (Å²) in [6.45, 7) is 6.97. The molecule has 1 saturated heterocycles. The molecule has 0 saturated carbocycles. The zero-order valence-electron chi connectivity index (χ0n) is 17.0. The number of rotatable bonds is 8. The Labute approximate surface area is 170 Å². The molecule has 3 rings (SSSR count). The zero-order valence-corrected chi connectivity index (χ0v) is 17.0. The largest absolute Gasteiger partial charge is 0.489 e. The van der Waals surface area contributed by atoms with Crippen molar-refractivity contribution in [2.75, 3.05) is 24.6 Å². The predicted octanol–water partition coefficient (Wildman–Crippen LogP) is 3.26. The molecular weight excluding hydrogens is 375 g/mol. The van der Waals surface area contributed by atoms with Gasteiger partial charge in [-0.15, -0.1) is 0 Å². The topological polar surface area (TPSA) is 76.6 Å². The molecule has 0 aliphatic carbocycles. The number of nitrogens with zero attached hydrogens (tertiary/aromatic N) is 3. The molecular formula is C21H27FN4O3. The maximum Gasteiger partial charge on any atom is 0.255 e. The maximum atomic E-state index is 14.6. The van der Waals surface area contributed by atoms with E-state index in [-0.39, 0.29) is 29.8 Å². The lowest BCUT2D eigenvalue weighted by Crippen LogP contribution is -2.26. The lowest BCUT2D eigenvalue weighted by atomic mass is 10.1. The summed E-state index contributed by atoms with van der Waals surface area (Å²) in [6, 6.07) is 7.58. The Bertz CT molecular complexity index is 831. The minimum absolute atomic E-state index is 0.00917. The molecule has 8 heteroatoms. The van der Waals surface area contributed by atoms with Gasteiger partial charge in [0.15, 0.2) is 5.82 Å². The number of carbonyl (C=O) groups excluding carboxylic acids is 1. The van der Waals surface area contributed by atoms with Gasteiger partial charge in [-0.25, -0.2) is 4.98 Å². The predicted molar refractivity (Wildman–Crippen MR) is 108 cm³/mol. The smallest absolute Gasteiger partial charge is 0.255 e. The van der Waals surface area contributed by atoms with E-state index >= 15 is 0 Å². The second kappa shape index (κ2) is 9.54. The Kier molecular flexibility index (Phi) is 6.85. The fraction of sp³-hybridized carbons (Fsp3) is 0.476. The number of halogens is 1. The molecule has 1 aromatic heterocycles. The highest BCUT2D eigenvalue weighted by Gasteiger charge is 2.28. The van der Waals surface area contributed by atoms with E-state index < -0.39 is 5.82 Å². The van der Waals surface area contributed by atoms with Gasteiger partial charge in [-0.2, -0.15) is 9.37 Å². The third-order valence-corrected chi connectivity index (χ3v) is 4.73. The number of aromatic nitrogens is 2.